The maximum atomic E-state index is 13.8. The Morgan fingerprint density at radius 2 is 1.94 bits per heavy atom. The van der Waals surface area contributed by atoms with Crippen molar-refractivity contribution in [2.45, 2.75) is 37.7 Å². The molecule has 1 aliphatic heterocycles. The summed E-state index contributed by atoms with van der Waals surface area (Å²) in [5, 5.41) is 2.11. The highest BCUT2D eigenvalue weighted by molar-refractivity contribution is 5.98. The fourth-order valence-corrected chi connectivity index (χ4v) is 4.01. The Morgan fingerprint density at radius 3 is 2.47 bits per heavy atom. The third-order valence-electron chi connectivity index (χ3n) is 5.93. The highest BCUT2D eigenvalue weighted by Gasteiger charge is 2.39. The molecule has 0 bridgehead atoms. The molecule has 1 aromatic carbocycles. The van der Waals surface area contributed by atoms with Crippen molar-refractivity contribution in [2.75, 3.05) is 49.6 Å². The number of amides is 2. The number of alkyl halides is 6. The van der Waals surface area contributed by atoms with Crippen LogP contribution in [0.5, 0.6) is 0 Å². The van der Waals surface area contributed by atoms with Crippen molar-refractivity contribution in [1.82, 2.24) is 4.90 Å². The van der Waals surface area contributed by atoms with Gasteiger partial charge in [-0.1, -0.05) is 6.42 Å². The van der Waals surface area contributed by atoms with Gasteiger partial charge in [0.15, 0.2) is 0 Å². The summed E-state index contributed by atoms with van der Waals surface area (Å²) in [5.74, 6) is -1.61. The summed E-state index contributed by atoms with van der Waals surface area (Å²) in [7, 11) is 0. The Bertz CT molecular complexity index is 888. The Labute approximate surface area is 192 Å². The first-order chi connectivity index (χ1) is 15.9. The Morgan fingerprint density at radius 1 is 1.24 bits per heavy atom. The Hall–Kier alpha value is -2.38. The molecule has 13 heteroatoms. The van der Waals surface area contributed by atoms with Crippen molar-refractivity contribution < 1.29 is 40.7 Å². The van der Waals surface area contributed by atoms with Gasteiger partial charge in [-0.25, -0.2) is 0 Å². The van der Waals surface area contributed by atoms with Gasteiger partial charge in [0.25, 0.3) is 5.91 Å². The molecule has 190 valence electrons. The molecular weight excluding hydrogens is 470 g/mol. The Kier molecular flexibility index (Phi) is 8.09. The van der Waals surface area contributed by atoms with Crippen LogP contribution in [0.4, 0.5) is 37.7 Å². The second-order valence-electron chi connectivity index (χ2n) is 8.41. The number of halogens is 6. The predicted molar refractivity (Wildman–Crippen MR) is 111 cm³/mol. The van der Waals surface area contributed by atoms with E-state index in [0.29, 0.717) is 12.8 Å². The molecule has 0 unspecified atom stereocenters. The van der Waals surface area contributed by atoms with Crippen molar-refractivity contribution >= 4 is 23.2 Å². The minimum Gasteiger partial charge on any atom is -0.370 e. The molecule has 0 spiro atoms. The molecule has 2 fully saturated rings. The zero-order valence-corrected chi connectivity index (χ0v) is 18.2. The van der Waals surface area contributed by atoms with E-state index in [-0.39, 0.29) is 37.9 Å². The predicted octanol–water partition coefficient (Wildman–Crippen LogP) is 3.00. The van der Waals surface area contributed by atoms with Crippen molar-refractivity contribution in [3.8, 4) is 0 Å². The van der Waals surface area contributed by atoms with Crippen molar-refractivity contribution in [3.05, 3.63) is 23.8 Å². The standard InChI is InChI=1S/C21H26F6N4O3/c22-20(23,24)12-30(10-13-2-1-3-13)17(9-28)19(33)29-16-5-4-14(8-15(16)21(25,26)27)31-6-7-34-11-18(31)32/h4-5,8,13,17H,1-3,6-7,9-12,28H2,(H,29,33)/t17-/m0/s1. The number of nitrogens with one attached hydrogen (secondary N) is 1. The summed E-state index contributed by atoms with van der Waals surface area (Å²) in [5.41, 5.74) is 3.71. The zero-order chi connectivity index (χ0) is 25.1. The van der Waals surface area contributed by atoms with Crippen LogP contribution in [0.3, 0.4) is 0 Å². The van der Waals surface area contributed by atoms with Gasteiger partial charge in [-0.3, -0.25) is 14.5 Å². The number of hydrogen-bond donors (Lipinski definition) is 2. The number of nitrogens with zero attached hydrogens (tertiary/aromatic N) is 2. The minimum atomic E-state index is -4.90. The molecule has 1 aromatic rings. The van der Waals surface area contributed by atoms with Gasteiger partial charge in [0.2, 0.25) is 5.91 Å². The largest absolute Gasteiger partial charge is 0.418 e. The number of morpholine rings is 1. The molecule has 3 N–H and O–H groups in total. The average molecular weight is 496 g/mol. The fourth-order valence-electron chi connectivity index (χ4n) is 4.01. The molecule has 1 saturated heterocycles. The summed E-state index contributed by atoms with van der Waals surface area (Å²) in [6, 6.07) is 1.46. The summed E-state index contributed by atoms with van der Waals surface area (Å²) >= 11 is 0. The number of benzene rings is 1. The maximum Gasteiger partial charge on any atom is 0.418 e. The highest BCUT2D eigenvalue weighted by atomic mass is 19.4. The molecule has 0 aromatic heterocycles. The van der Waals surface area contributed by atoms with E-state index >= 15 is 0 Å². The lowest BCUT2D eigenvalue weighted by Crippen LogP contribution is -2.53. The van der Waals surface area contributed by atoms with Crippen LogP contribution in [0.15, 0.2) is 18.2 Å². The number of carbonyl (C=O) groups is 2. The molecule has 2 amide bonds. The first-order valence-electron chi connectivity index (χ1n) is 10.8. The number of carbonyl (C=O) groups excluding carboxylic acids is 2. The number of ether oxygens (including phenoxy) is 1. The van der Waals surface area contributed by atoms with Crippen LogP contribution in [0.1, 0.15) is 24.8 Å². The number of rotatable bonds is 8. The minimum absolute atomic E-state index is 0.0275. The molecule has 1 atom stereocenters. The van der Waals surface area contributed by atoms with E-state index in [1.165, 1.54) is 6.07 Å². The van der Waals surface area contributed by atoms with Gasteiger partial charge >= 0.3 is 12.4 Å². The van der Waals surface area contributed by atoms with Crippen LogP contribution in [0, 0.1) is 5.92 Å². The summed E-state index contributed by atoms with van der Waals surface area (Å²) < 4.78 is 85.7. The molecule has 34 heavy (non-hydrogen) atoms. The van der Waals surface area contributed by atoms with Crippen molar-refractivity contribution in [1.29, 1.82) is 0 Å². The summed E-state index contributed by atoms with van der Waals surface area (Å²) in [4.78, 5) is 26.8. The third-order valence-corrected chi connectivity index (χ3v) is 5.93. The van der Waals surface area contributed by atoms with Gasteiger partial charge < -0.3 is 20.7 Å². The van der Waals surface area contributed by atoms with Crippen LogP contribution >= 0.6 is 0 Å². The average Bonchev–Trinajstić information content (AvgIpc) is 2.70. The fraction of sp³-hybridized carbons (Fsp3) is 0.619. The number of hydrogen-bond acceptors (Lipinski definition) is 5. The molecule has 1 heterocycles. The van der Waals surface area contributed by atoms with Crippen LogP contribution in [0.25, 0.3) is 0 Å². The lowest BCUT2D eigenvalue weighted by atomic mass is 9.85. The summed E-state index contributed by atoms with van der Waals surface area (Å²) in [6.07, 6.45) is -7.21. The normalized spacial score (nSPS) is 18.7. The maximum absolute atomic E-state index is 13.8. The monoisotopic (exact) mass is 496 g/mol. The SMILES string of the molecule is NC[C@@H](C(=O)Nc1ccc(N2CCOCC2=O)cc1C(F)(F)F)N(CC1CCC1)CC(F)(F)F. The second-order valence-corrected chi connectivity index (χ2v) is 8.41. The van der Waals surface area contributed by atoms with Gasteiger partial charge in [-0.15, -0.1) is 0 Å². The number of anilines is 2. The molecule has 7 nitrogen and oxygen atoms in total. The molecule has 2 aliphatic rings. The first kappa shape index (κ1) is 26.2. The molecule has 1 saturated carbocycles. The lowest BCUT2D eigenvalue weighted by molar-refractivity contribution is -0.155. The van der Waals surface area contributed by atoms with E-state index in [0.717, 1.165) is 28.4 Å². The van der Waals surface area contributed by atoms with Crippen molar-refractivity contribution in [3.63, 3.8) is 0 Å². The van der Waals surface area contributed by atoms with Gasteiger partial charge in [0.1, 0.15) is 12.6 Å². The van der Waals surface area contributed by atoms with E-state index in [9.17, 15) is 35.9 Å². The van der Waals surface area contributed by atoms with Crippen LogP contribution < -0.4 is 16.0 Å². The first-order valence-corrected chi connectivity index (χ1v) is 10.8. The molecular formula is C21H26F6N4O3. The van der Waals surface area contributed by atoms with E-state index in [1.807, 2.05) is 0 Å². The Balaban J connectivity index is 1.84. The van der Waals surface area contributed by atoms with Crippen LogP contribution in [-0.4, -0.2) is 68.3 Å². The van der Waals surface area contributed by atoms with E-state index < -0.39 is 54.5 Å². The van der Waals surface area contributed by atoms with E-state index in [2.05, 4.69) is 5.32 Å². The summed E-state index contributed by atoms with van der Waals surface area (Å²) in [6.45, 7) is -1.99. The lowest BCUT2D eigenvalue weighted by Gasteiger charge is -2.36. The zero-order valence-electron chi connectivity index (χ0n) is 18.2. The van der Waals surface area contributed by atoms with Gasteiger partial charge in [-0.05, 0) is 37.0 Å². The third kappa shape index (κ3) is 6.60. The molecule has 0 radical (unpaired) electrons. The van der Waals surface area contributed by atoms with Gasteiger partial charge in [0, 0.05) is 25.3 Å². The van der Waals surface area contributed by atoms with E-state index in [4.69, 9.17) is 10.5 Å². The van der Waals surface area contributed by atoms with E-state index in [1.54, 1.807) is 0 Å². The molecule has 3 rings (SSSR count). The van der Waals surface area contributed by atoms with Gasteiger partial charge in [0.05, 0.1) is 24.4 Å². The molecule has 1 aliphatic carbocycles. The number of nitrogens with two attached hydrogens (primary N) is 1. The quantitative estimate of drug-likeness (QED) is 0.541. The van der Waals surface area contributed by atoms with Crippen molar-refractivity contribution in [2.24, 2.45) is 11.7 Å². The smallest absolute Gasteiger partial charge is 0.370 e. The topological polar surface area (TPSA) is 87.9 Å². The van der Waals surface area contributed by atoms with Gasteiger partial charge in [-0.2, -0.15) is 26.3 Å². The highest BCUT2D eigenvalue weighted by Crippen LogP contribution is 2.38. The second kappa shape index (κ2) is 10.5. The van der Waals surface area contributed by atoms with Crippen LogP contribution in [-0.2, 0) is 20.5 Å². The van der Waals surface area contributed by atoms with Crippen LogP contribution in [0.2, 0.25) is 0 Å².